The molecule has 6 nitrogen and oxygen atoms in total. The van der Waals surface area contributed by atoms with Crippen molar-refractivity contribution in [2.75, 3.05) is 0 Å². The number of ether oxygens (including phenoxy) is 1. The molecule has 150 valence electrons. The summed E-state index contributed by atoms with van der Waals surface area (Å²) in [7, 11) is 0. The van der Waals surface area contributed by atoms with Gasteiger partial charge in [0.25, 0.3) is 0 Å². The maximum absolute atomic E-state index is 11.7. The number of esters is 1. The van der Waals surface area contributed by atoms with Crippen LogP contribution >= 0.6 is 0 Å². The first-order valence-electron chi connectivity index (χ1n) is 9.57. The van der Waals surface area contributed by atoms with Crippen molar-refractivity contribution in [2.24, 2.45) is 20.5 Å². The molecule has 0 atom stereocenters. The quantitative estimate of drug-likeness (QED) is 0.142. The normalized spacial score (nSPS) is 11.2. The molecule has 4 aromatic rings. The molecule has 0 aliphatic rings. The van der Waals surface area contributed by atoms with E-state index in [2.05, 4.69) is 27.0 Å². The molecule has 0 heterocycles. The fourth-order valence-corrected chi connectivity index (χ4v) is 2.87. The van der Waals surface area contributed by atoms with E-state index in [0.29, 0.717) is 22.8 Å². The number of benzene rings is 4. The number of azo groups is 2. The van der Waals surface area contributed by atoms with E-state index in [0.717, 1.165) is 22.5 Å². The minimum atomic E-state index is -0.556. The summed E-state index contributed by atoms with van der Waals surface area (Å²) in [6, 6.07) is 28.0. The molecule has 4 rings (SSSR count). The molecule has 0 amide bonds. The van der Waals surface area contributed by atoms with Gasteiger partial charge in [-0.15, -0.1) is 5.11 Å². The summed E-state index contributed by atoms with van der Waals surface area (Å²) in [5.41, 5.74) is 2.59. The van der Waals surface area contributed by atoms with Crippen molar-refractivity contribution in [3.63, 3.8) is 0 Å². The first kappa shape index (κ1) is 19.8. The number of carbonyl (C=O) groups is 1. The highest BCUT2D eigenvalue weighted by atomic mass is 16.5. The van der Waals surface area contributed by atoms with Crippen LogP contribution in [0.2, 0.25) is 0 Å². The Morgan fingerprint density at radius 3 is 1.94 bits per heavy atom. The minimum absolute atomic E-state index is 0.320. The Hall–Kier alpha value is -4.45. The molecule has 0 bridgehead atoms. The molecule has 0 aliphatic carbocycles. The lowest BCUT2D eigenvalue weighted by Crippen LogP contribution is -2.03. The summed E-state index contributed by atoms with van der Waals surface area (Å²) in [4.78, 5) is 11.7. The van der Waals surface area contributed by atoms with E-state index in [4.69, 9.17) is 4.74 Å². The topological polar surface area (TPSA) is 75.7 Å². The third kappa shape index (κ3) is 4.94. The number of hydrogen-bond acceptors (Lipinski definition) is 6. The van der Waals surface area contributed by atoms with Gasteiger partial charge in [-0.25, -0.2) is 4.79 Å². The van der Waals surface area contributed by atoms with Gasteiger partial charge in [0.1, 0.15) is 5.69 Å². The predicted molar refractivity (Wildman–Crippen MR) is 121 cm³/mol. The number of carbonyl (C=O) groups excluding carboxylic acids is 1. The van der Waals surface area contributed by atoms with Gasteiger partial charge in [-0.2, -0.15) is 15.3 Å². The van der Waals surface area contributed by atoms with E-state index < -0.39 is 5.97 Å². The van der Waals surface area contributed by atoms with Gasteiger partial charge in [0.2, 0.25) is 0 Å². The third-order valence-electron chi connectivity index (χ3n) is 4.39. The van der Waals surface area contributed by atoms with Gasteiger partial charge < -0.3 is 4.74 Å². The van der Waals surface area contributed by atoms with Crippen molar-refractivity contribution in [3.05, 3.63) is 104 Å². The van der Waals surface area contributed by atoms with E-state index in [9.17, 15) is 4.79 Å². The van der Waals surface area contributed by atoms with E-state index in [1.54, 1.807) is 18.2 Å². The van der Waals surface area contributed by atoms with Crippen molar-refractivity contribution in [2.45, 2.75) is 0 Å². The summed E-state index contributed by atoms with van der Waals surface area (Å²) in [5.74, 6) is -0.236. The van der Waals surface area contributed by atoms with Gasteiger partial charge in [-0.3, -0.25) is 0 Å². The molecule has 31 heavy (non-hydrogen) atoms. The summed E-state index contributed by atoms with van der Waals surface area (Å²) in [6.45, 7) is 3.44. The molecule has 0 saturated carbocycles. The van der Waals surface area contributed by atoms with Crippen molar-refractivity contribution < 1.29 is 9.53 Å². The number of rotatable bonds is 6. The van der Waals surface area contributed by atoms with Gasteiger partial charge in [-0.1, -0.05) is 55.1 Å². The Morgan fingerprint density at radius 1 is 0.677 bits per heavy atom. The number of hydrogen-bond donors (Lipinski definition) is 0. The zero-order chi connectivity index (χ0) is 21.5. The molecule has 0 radical (unpaired) electrons. The van der Waals surface area contributed by atoms with Gasteiger partial charge in [0.15, 0.2) is 5.75 Å². The second kappa shape index (κ2) is 9.37. The van der Waals surface area contributed by atoms with Gasteiger partial charge in [0, 0.05) is 11.5 Å². The molecule has 0 fully saturated rings. The smallest absolute Gasteiger partial charge is 0.335 e. The van der Waals surface area contributed by atoms with E-state index in [1.807, 2.05) is 72.8 Å². The lowest BCUT2D eigenvalue weighted by Gasteiger charge is -2.08. The molecule has 0 aromatic heterocycles. The summed E-state index contributed by atoms with van der Waals surface area (Å²) >= 11 is 0. The van der Waals surface area contributed by atoms with Crippen LogP contribution in [0.25, 0.3) is 10.8 Å². The molecular formula is C25H18N4O2. The Morgan fingerprint density at radius 2 is 1.26 bits per heavy atom. The average molecular weight is 406 g/mol. The van der Waals surface area contributed by atoms with Crippen molar-refractivity contribution in [3.8, 4) is 5.75 Å². The number of fused-ring (bicyclic) bond motifs is 1. The average Bonchev–Trinajstić information content (AvgIpc) is 2.83. The first-order chi connectivity index (χ1) is 15.2. The number of nitrogens with zero attached hydrogens (tertiary/aromatic N) is 4. The van der Waals surface area contributed by atoms with Crippen molar-refractivity contribution in [1.82, 2.24) is 0 Å². The zero-order valence-electron chi connectivity index (χ0n) is 16.6. The molecule has 0 spiro atoms. The summed E-state index contributed by atoms with van der Waals surface area (Å²) in [6.07, 6.45) is 1.11. The Kier molecular flexibility index (Phi) is 6.00. The third-order valence-corrected chi connectivity index (χ3v) is 4.39. The summed E-state index contributed by atoms with van der Waals surface area (Å²) in [5, 5.41) is 18.9. The molecule has 0 unspecified atom stereocenters. The SMILES string of the molecule is C=CC(=O)Oc1ccc2ccccc2c1N=Nc1ccc(N=Nc2ccccc2)cc1. The van der Waals surface area contributed by atoms with Gasteiger partial charge in [0.05, 0.1) is 17.1 Å². The monoisotopic (exact) mass is 406 g/mol. The van der Waals surface area contributed by atoms with Crippen LogP contribution in [0.15, 0.2) is 124 Å². The van der Waals surface area contributed by atoms with Crippen LogP contribution in [-0.4, -0.2) is 5.97 Å². The van der Waals surface area contributed by atoms with Gasteiger partial charge in [-0.05, 0) is 47.9 Å². The van der Waals surface area contributed by atoms with Crippen LogP contribution in [0, 0.1) is 0 Å². The Labute approximate surface area is 179 Å². The minimum Gasteiger partial charge on any atom is -0.421 e. The molecular weight excluding hydrogens is 388 g/mol. The van der Waals surface area contributed by atoms with Crippen LogP contribution in [0.1, 0.15) is 0 Å². The maximum atomic E-state index is 11.7. The van der Waals surface area contributed by atoms with Crippen LogP contribution < -0.4 is 4.74 Å². The van der Waals surface area contributed by atoms with Crippen LogP contribution in [0.5, 0.6) is 5.75 Å². The predicted octanol–water partition coefficient (Wildman–Crippen LogP) is 7.76. The fourth-order valence-electron chi connectivity index (χ4n) is 2.87. The van der Waals surface area contributed by atoms with E-state index in [-0.39, 0.29) is 0 Å². The van der Waals surface area contributed by atoms with Crippen LogP contribution in [-0.2, 0) is 4.79 Å². The van der Waals surface area contributed by atoms with E-state index >= 15 is 0 Å². The maximum Gasteiger partial charge on any atom is 0.335 e. The fraction of sp³-hybridized carbons (Fsp3) is 0. The van der Waals surface area contributed by atoms with Crippen molar-refractivity contribution >= 4 is 39.5 Å². The lowest BCUT2D eigenvalue weighted by molar-refractivity contribution is -0.128. The van der Waals surface area contributed by atoms with Gasteiger partial charge >= 0.3 is 5.97 Å². The highest BCUT2D eigenvalue weighted by Crippen LogP contribution is 2.37. The first-order valence-corrected chi connectivity index (χ1v) is 9.57. The van der Waals surface area contributed by atoms with Crippen LogP contribution in [0.3, 0.4) is 0 Å². The Bertz CT molecular complexity index is 1280. The zero-order valence-corrected chi connectivity index (χ0v) is 16.6. The summed E-state index contributed by atoms with van der Waals surface area (Å²) < 4.78 is 5.35. The second-order valence-corrected chi connectivity index (χ2v) is 6.51. The van der Waals surface area contributed by atoms with Crippen LogP contribution in [0.4, 0.5) is 22.7 Å². The molecule has 4 aromatic carbocycles. The molecule has 0 saturated heterocycles. The molecule has 0 aliphatic heterocycles. The highest BCUT2D eigenvalue weighted by Gasteiger charge is 2.11. The second-order valence-electron chi connectivity index (χ2n) is 6.51. The van der Waals surface area contributed by atoms with Crippen molar-refractivity contribution in [1.29, 1.82) is 0 Å². The molecule has 0 N–H and O–H groups in total. The van der Waals surface area contributed by atoms with E-state index in [1.165, 1.54) is 0 Å². The Balaban J connectivity index is 1.60. The lowest BCUT2D eigenvalue weighted by atomic mass is 10.1. The highest BCUT2D eigenvalue weighted by molar-refractivity contribution is 5.96. The standard InChI is InChI=1S/C25H18N4O2/c1-2-24(30)31-23-17-12-18-8-6-7-11-22(18)25(23)29-28-21-15-13-20(14-16-21)27-26-19-9-4-3-5-10-19/h2-17H,1H2. The largest absolute Gasteiger partial charge is 0.421 e. The molecule has 6 heteroatoms.